The summed E-state index contributed by atoms with van der Waals surface area (Å²) in [6.45, 7) is 11.9. The maximum Gasteiger partial charge on any atom is 0.0953 e. The molecule has 0 aromatic rings. The summed E-state index contributed by atoms with van der Waals surface area (Å²) in [6, 6.07) is 0. The van der Waals surface area contributed by atoms with Crippen molar-refractivity contribution in [1.29, 1.82) is 0 Å². The molecular formula is C21H48Cl2N2. The highest BCUT2D eigenvalue weighted by Crippen LogP contribution is 2.09. The average molecular weight is 400 g/mol. The van der Waals surface area contributed by atoms with Crippen molar-refractivity contribution >= 4 is 0 Å². The topological polar surface area (TPSA) is 4.44 Å². The van der Waals surface area contributed by atoms with E-state index in [1.165, 1.54) is 77.3 Å². The van der Waals surface area contributed by atoms with Crippen LogP contribution in [0.3, 0.4) is 0 Å². The van der Waals surface area contributed by atoms with E-state index < -0.39 is 0 Å². The number of quaternary nitrogens is 2. The van der Waals surface area contributed by atoms with Crippen LogP contribution in [0.1, 0.15) is 78.1 Å². The SMILES string of the molecule is C=CC[NH+](C)CCCCCCCCCCCC.CC[N+](C)(C)C.[Cl-].[Cl-]. The van der Waals surface area contributed by atoms with Gasteiger partial charge in [0.05, 0.1) is 47.8 Å². The number of hydrogen-bond donors (Lipinski definition) is 1. The van der Waals surface area contributed by atoms with E-state index in [2.05, 4.69) is 48.6 Å². The molecule has 156 valence electrons. The summed E-state index contributed by atoms with van der Waals surface area (Å²) in [5.74, 6) is 0. The fourth-order valence-electron chi connectivity index (χ4n) is 2.26. The van der Waals surface area contributed by atoms with Crippen molar-refractivity contribution in [3.05, 3.63) is 12.7 Å². The lowest BCUT2D eigenvalue weighted by Gasteiger charge is -2.20. The van der Waals surface area contributed by atoms with Crippen molar-refractivity contribution in [1.82, 2.24) is 0 Å². The summed E-state index contributed by atoms with van der Waals surface area (Å²) < 4.78 is 1.07. The van der Waals surface area contributed by atoms with E-state index in [9.17, 15) is 0 Å². The van der Waals surface area contributed by atoms with Gasteiger partial charge in [0.1, 0.15) is 0 Å². The van der Waals surface area contributed by atoms with Gasteiger partial charge in [-0.3, -0.25) is 0 Å². The van der Waals surface area contributed by atoms with E-state index in [0.29, 0.717) is 0 Å². The van der Waals surface area contributed by atoms with Crippen molar-refractivity contribution in [2.75, 3.05) is 47.8 Å². The molecule has 0 heterocycles. The van der Waals surface area contributed by atoms with Crippen molar-refractivity contribution in [3.63, 3.8) is 0 Å². The molecule has 0 radical (unpaired) electrons. The van der Waals surface area contributed by atoms with Gasteiger partial charge in [0.25, 0.3) is 0 Å². The Labute approximate surface area is 172 Å². The van der Waals surface area contributed by atoms with Crippen LogP contribution in [0.5, 0.6) is 0 Å². The first-order valence-electron chi connectivity index (χ1n) is 10.1. The number of likely N-dealkylation sites (N-methyl/N-ethyl adjacent to an activating group) is 1. The van der Waals surface area contributed by atoms with Gasteiger partial charge in [-0.05, 0) is 25.8 Å². The van der Waals surface area contributed by atoms with Gasteiger partial charge in [-0.2, -0.15) is 0 Å². The predicted octanol–water partition coefficient (Wildman–Crippen LogP) is -1.67. The van der Waals surface area contributed by atoms with Crippen LogP contribution < -0.4 is 29.7 Å². The van der Waals surface area contributed by atoms with Crippen LogP contribution >= 0.6 is 0 Å². The van der Waals surface area contributed by atoms with Gasteiger partial charge in [0.15, 0.2) is 0 Å². The van der Waals surface area contributed by atoms with Crippen LogP contribution in [0.2, 0.25) is 0 Å². The molecular weight excluding hydrogens is 351 g/mol. The smallest absolute Gasteiger partial charge is 0.0953 e. The fraction of sp³-hybridized carbons (Fsp3) is 0.905. The molecule has 0 aliphatic heterocycles. The average Bonchev–Trinajstić information content (AvgIpc) is 2.49. The number of halogens is 2. The lowest BCUT2D eigenvalue weighted by molar-refractivity contribution is -0.873. The van der Waals surface area contributed by atoms with E-state index in [0.717, 1.165) is 11.0 Å². The van der Waals surface area contributed by atoms with Crippen molar-refractivity contribution < 1.29 is 34.2 Å². The van der Waals surface area contributed by atoms with E-state index in [4.69, 9.17) is 0 Å². The molecule has 0 aliphatic rings. The van der Waals surface area contributed by atoms with Gasteiger partial charge >= 0.3 is 0 Å². The molecule has 0 saturated carbocycles. The second-order valence-electron chi connectivity index (χ2n) is 7.99. The minimum atomic E-state index is 0. The quantitative estimate of drug-likeness (QED) is 0.202. The van der Waals surface area contributed by atoms with Crippen LogP contribution in [-0.2, 0) is 0 Å². The molecule has 0 aromatic heterocycles. The minimum absolute atomic E-state index is 0. The van der Waals surface area contributed by atoms with Gasteiger partial charge in [-0.1, -0.05) is 64.9 Å². The van der Waals surface area contributed by atoms with Gasteiger partial charge in [0.2, 0.25) is 0 Å². The highest BCUT2D eigenvalue weighted by Gasteiger charge is 1.98. The largest absolute Gasteiger partial charge is 1.00 e. The molecule has 1 unspecified atom stereocenters. The summed E-state index contributed by atoms with van der Waals surface area (Å²) in [6.07, 6.45) is 16.3. The zero-order chi connectivity index (χ0) is 18.0. The van der Waals surface area contributed by atoms with Crippen molar-refractivity contribution in [2.24, 2.45) is 0 Å². The number of nitrogens with one attached hydrogen (secondary N) is 1. The molecule has 0 amide bonds. The molecule has 0 saturated heterocycles. The molecule has 0 aliphatic carbocycles. The number of nitrogens with zero attached hydrogens (tertiary/aromatic N) is 1. The maximum absolute atomic E-state index is 3.78. The molecule has 0 aromatic carbocycles. The van der Waals surface area contributed by atoms with Crippen LogP contribution in [-0.4, -0.2) is 52.3 Å². The third-order valence-corrected chi connectivity index (χ3v) is 4.40. The zero-order valence-electron chi connectivity index (χ0n) is 18.2. The van der Waals surface area contributed by atoms with Crippen LogP contribution in [0.25, 0.3) is 0 Å². The summed E-state index contributed by atoms with van der Waals surface area (Å²) in [7, 11) is 8.80. The third-order valence-electron chi connectivity index (χ3n) is 4.40. The Hall–Kier alpha value is 0.240. The summed E-state index contributed by atoms with van der Waals surface area (Å²) >= 11 is 0. The second kappa shape index (κ2) is 24.2. The molecule has 0 rings (SSSR count). The van der Waals surface area contributed by atoms with Gasteiger partial charge in [-0.25, -0.2) is 0 Å². The van der Waals surface area contributed by atoms with Gasteiger partial charge in [-0.15, -0.1) is 0 Å². The Bertz CT molecular complexity index is 241. The molecule has 4 heteroatoms. The van der Waals surface area contributed by atoms with Crippen molar-refractivity contribution in [3.8, 4) is 0 Å². The van der Waals surface area contributed by atoms with Gasteiger partial charge in [0, 0.05) is 0 Å². The Morgan fingerprint density at radius 1 is 0.760 bits per heavy atom. The maximum atomic E-state index is 3.78. The standard InChI is InChI=1S/C16H33N.C5H14N.2ClH/c1-4-6-7-8-9-10-11-12-13-14-16-17(3)15-5-2;1-5-6(2,3)4;;/h5H,2,4,6-16H2,1,3H3;5H2,1-4H3;2*1H/q;+1;;/p-1. The van der Waals surface area contributed by atoms with E-state index >= 15 is 0 Å². The van der Waals surface area contributed by atoms with Crippen LogP contribution in [0, 0.1) is 0 Å². The molecule has 1 atom stereocenters. The first-order chi connectivity index (χ1) is 10.9. The molecule has 25 heavy (non-hydrogen) atoms. The zero-order valence-corrected chi connectivity index (χ0v) is 19.7. The number of rotatable bonds is 14. The summed E-state index contributed by atoms with van der Waals surface area (Å²) in [5, 5.41) is 0. The van der Waals surface area contributed by atoms with Crippen LogP contribution in [0.4, 0.5) is 0 Å². The minimum Gasteiger partial charge on any atom is -1.00 e. The molecule has 1 N–H and O–H groups in total. The normalized spacial score (nSPS) is 11.4. The number of hydrogen-bond acceptors (Lipinski definition) is 0. The number of unbranched alkanes of at least 4 members (excludes halogenated alkanes) is 9. The Morgan fingerprint density at radius 2 is 1.12 bits per heavy atom. The molecule has 0 bridgehead atoms. The summed E-state index contributed by atoms with van der Waals surface area (Å²) in [4.78, 5) is 1.60. The lowest BCUT2D eigenvalue weighted by Crippen LogP contribution is -3.08. The van der Waals surface area contributed by atoms with Crippen LogP contribution in [0.15, 0.2) is 12.7 Å². The Kier molecular flexibility index (Phi) is 31.9. The highest BCUT2D eigenvalue weighted by atomic mass is 35.5. The third kappa shape index (κ3) is 36.0. The Balaban J connectivity index is -0.000000238. The predicted molar refractivity (Wildman–Crippen MR) is 107 cm³/mol. The first-order valence-corrected chi connectivity index (χ1v) is 10.1. The molecule has 2 nitrogen and oxygen atoms in total. The van der Waals surface area contributed by atoms with E-state index in [1.807, 2.05) is 6.08 Å². The lowest BCUT2D eigenvalue weighted by atomic mass is 10.1. The monoisotopic (exact) mass is 398 g/mol. The second-order valence-corrected chi connectivity index (χ2v) is 7.99. The molecule has 0 spiro atoms. The fourth-order valence-corrected chi connectivity index (χ4v) is 2.26. The van der Waals surface area contributed by atoms with E-state index in [-0.39, 0.29) is 24.8 Å². The molecule has 0 fully saturated rings. The van der Waals surface area contributed by atoms with Gasteiger partial charge < -0.3 is 34.2 Å². The summed E-state index contributed by atoms with van der Waals surface area (Å²) in [5.41, 5.74) is 0. The Morgan fingerprint density at radius 3 is 1.44 bits per heavy atom. The van der Waals surface area contributed by atoms with E-state index in [1.54, 1.807) is 4.90 Å². The van der Waals surface area contributed by atoms with Crippen molar-refractivity contribution in [2.45, 2.75) is 78.1 Å². The first kappa shape index (κ1) is 32.9. The highest BCUT2D eigenvalue weighted by molar-refractivity contribution is 4.62.